The minimum atomic E-state index is -0.0254. The second-order valence-corrected chi connectivity index (χ2v) is 6.58. The van der Waals surface area contributed by atoms with Crippen molar-refractivity contribution in [1.82, 2.24) is 14.8 Å². The number of nitrogens with zero attached hydrogens (tertiary/aromatic N) is 3. The average molecular weight is 337 g/mol. The zero-order chi connectivity index (χ0) is 18.0. The first kappa shape index (κ1) is 17.1. The van der Waals surface area contributed by atoms with Crippen LogP contribution in [0.25, 0.3) is 0 Å². The lowest BCUT2D eigenvalue weighted by molar-refractivity contribution is 0.0534. The topological polar surface area (TPSA) is 53.5 Å². The lowest BCUT2D eigenvalue weighted by Gasteiger charge is -2.35. The van der Waals surface area contributed by atoms with Crippen molar-refractivity contribution in [3.05, 3.63) is 64.5 Å². The molecule has 0 saturated carbocycles. The molecule has 0 N–H and O–H groups in total. The number of hydrogen-bond donors (Lipinski definition) is 0. The smallest absolute Gasteiger partial charge is 0.255 e. The van der Waals surface area contributed by atoms with Gasteiger partial charge < -0.3 is 9.80 Å². The van der Waals surface area contributed by atoms with Crippen LogP contribution < -0.4 is 0 Å². The summed E-state index contributed by atoms with van der Waals surface area (Å²) in [5.74, 6) is 0.0247. The van der Waals surface area contributed by atoms with E-state index in [1.165, 1.54) is 5.56 Å². The van der Waals surface area contributed by atoms with Gasteiger partial charge in [-0.15, -0.1) is 0 Å². The van der Waals surface area contributed by atoms with E-state index in [2.05, 4.69) is 18.0 Å². The van der Waals surface area contributed by atoms with Crippen LogP contribution in [0.5, 0.6) is 0 Å². The molecule has 0 spiro atoms. The summed E-state index contributed by atoms with van der Waals surface area (Å²) in [6.07, 6.45) is 3.23. The number of carbonyl (C=O) groups is 2. The van der Waals surface area contributed by atoms with Crippen molar-refractivity contribution in [2.45, 2.75) is 20.8 Å². The highest BCUT2D eigenvalue weighted by Crippen LogP contribution is 2.18. The highest BCUT2D eigenvalue weighted by Gasteiger charge is 2.26. The van der Waals surface area contributed by atoms with Gasteiger partial charge in [-0.2, -0.15) is 0 Å². The van der Waals surface area contributed by atoms with Crippen molar-refractivity contribution in [2.75, 3.05) is 26.2 Å². The maximum absolute atomic E-state index is 12.8. The van der Waals surface area contributed by atoms with E-state index in [4.69, 9.17) is 0 Å². The molecule has 2 amide bonds. The fraction of sp³-hybridized carbons (Fsp3) is 0.350. The Labute approximate surface area is 148 Å². The van der Waals surface area contributed by atoms with Gasteiger partial charge in [0.2, 0.25) is 0 Å². The van der Waals surface area contributed by atoms with Crippen LogP contribution in [0.2, 0.25) is 0 Å². The molecule has 5 nitrogen and oxygen atoms in total. The van der Waals surface area contributed by atoms with Gasteiger partial charge in [-0.1, -0.05) is 6.07 Å². The van der Waals surface area contributed by atoms with Crippen molar-refractivity contribution in [3.8, 4) is 0 Å². The zero-order valence-corrected chi connectivity index (χ0v) is 15.0. The van der Waals surface area contributed by atoms with E-state index < -0.39 is 0 Å². The standard InChI is InChI=1S/C20H23N3O2/c1-14-11-16(3)18(12-15(14)2)20(25)23-9-7-22(8-10-23)19(24)17-5-4-6-21-13-17/h4-6,11-13H,7-10H2,1-3H3. The Bertz CT molecular complexity index is 794. The molecular weight excluding hydrogens is 314 g/mol. The molecule has 0 radical (unpaired) electrons. The van der Waals surface area contributed by atoms with Gasteiger partial charge in [0.25, 0.3) is 11.8 Å². The quantitative estimate of drug-likeness (QED) is 0.846. The van der Waals surface area contributed by atoms with Gasteiger partial charge in [0.15, 0.2) is 0 Å². The number of amides is 2. The van der Waals surface area contributed by atoms with Crippen LogP contribution in [0.15, 0.2) is 36.7 Å². The number of carbonyl (C=O) groups excluding carboxylic acids is 2. The first-order valence-electron chi connectivity index (χ1n) is 8.54. The van der Waals surface area contributed by atoms with Gasteiger partial charge in [-0.25, -0.2) is 0 Å². The Morgan fingerprint density at radius 3 is 2.08 bits per heavy atom. The molecule has 2 aromatic rings. The van der Waals surface area contributed by atoms with E-state index in [9.17, 15) is 9.59 Å². The van der Waals surface area contributed by atoms with Crippen LogP contribution in [-0.2, 0) is 0 Å². The third kappa shape index (κ3) is 3.55. The van der Waals surface area contributed by atoms with Crippen molar-refractivity contribution in [1.29, 1.82) is 0 Å². The van der Waals surface area contributed by atoms with Crippen LogP contribution in [0.1, 0.15) is 37.4 Å². The van der Waals surface area contributed by atoms with Gasteiger partial charge in [0, 0.05) is 44.1 Å². The number of rotatable bonds is 2. The molecule has 1 aromatic carbocycles. The Morgan fingerprint density at radius 2 is 1.48 bits per heavy atom. The Kier molecular flexibility index (Phi) is 4.83. The number of hydrogen-bond acceptors (Lipinski definition) is 3. The van der Waals surface area contributed by atoms with Gasteiger partial charge in [0.1, 0.15) is 0 Å². The van der Waals surface area contributed by atoms with Crippen molar-refractivity contribution >= 4 is 11.8 Å². The van der Waals surface area contributed by atoms with Gasteiger partial charge >= 0.3 is 0 Å². The zero-order valence-electron chi connectivity index (χ0n) is 15.0. The van der Waals surface area contributed by atoms with Crippen LogP contribution in [0, 0.1) is 20.8 Å². The monoisotopic (exact) mass is 337 g/mol. The molecule has 1 aliphatic rings. The van der Waals surface area contributed by atoms with E-state index in [1.54, 1.807) is 29.4 Å². The van der Waals surface area contributed by atoms with E-state index in [1.807, 2.05) is 24.8 Å². The minimum absolute atomic E-state index is 0.0254. The summed E-state index contributed by atoms with van der Waals surface area (Å²) in [6.45, 7) is 8.25. The summed E-state index contributed by atoms with van der Waals surface area (Å²) >= 11 is 0. The predicted octanol–water partition coefficient (Wildman–Crippen LogP) is 2.61. The molecular formula is C20H23N3O2. The minimum Gasteiger partial charge on any atom is -0.335 e. The SMILES string of the molecule is Cc1cc(C)c(C(=O)N2CCN(C(=O)c3cccnc3)CC2)cc1C. The molecule has 5 heteroatoms. The highest BCUT2D eigenvalue weighted by molar-refractivity contribution is 5.97. The fourth-order valence-corrected chi connectivity index (χ4v) is 3.15. The predicted molar refractivity (Wildman–Crippen MR) is 96.7 cm³/mol. The van der Waals surface area contributed by atoms with Crippen molar-refractivity contribution < 1.29 is 9.59 Å². The van der Waals surface area contributed by atoms with Crippen molar-refractivity contribution in [3.63, 3.8) is 0 Å². The van der Waals surface area contributed by atoms with Crippen LogP contribution in [-0.4, -0.2) is 52.8 Å². The average Bonchev–Trinajstić information content (AvgIpc) is 2.64. The fourth-order valence-electron chi connectivity index (χ4n) is 3.15. The molecule has 0 atom stereocenters. The molecule has 0 aliphatic carbocycles. The third-order valence-corrected chi connectivity index (χ3v) is 4.83. The summed E-state index contributed by atoms with van der Waals surface area (Å²) < 4.78 is 0. The molecule has 1 aromatic heterocycles. The van der Waals surface area contributed by atoms with Gasteiger partial charge in [-0.05, 0) is 55.7 Å². The molecule has 25 heavy (non-hydrogen) atoms. The number of aromatic nitrogens is 1. The van der Waals surface area contributed by atoms with Crippen LogP contribution >= 0.6 is 0 Å². The molecule has 1 saturated heterocycles. The maximum atomic E-state index is 12.8. The second-order valence-electron chi connectivity index (χ2n) is 6.58. The lowest BCUT2D eigenvalue weighted by Crippen LogP contribution is -2.50. The molecule has 2 heterocycles. The van der Waals surface area contributed by atoms with E-state index in [0.717, 1.165) is 16.7 Å². The molecule has 0 unspecified atom stereocenters. The Hall–Kier alpha value is -2.69. The Morgan fingerprint density at radius 1 is 0.880 bits per heavy atom. The molecule has 3 rings (SSSR count). The largest absolute Gasteiger partial charge is 0.335 e. The van der Waals surface area contributed by atoms with Crippen molar-refractivity contribution in [2.24, 2.45) is 0 Å². The summed E-state index contributed by atoms with van der Waals surface area (Å²) in [6, 6.07) is 7.56. The first-order valence-corrected chi connectivity index (χ1v) is 8.54. The summed E-state index contributed by atoms with van der Waals surface area (Å²) in [5, 5.41) is 0. The molecule has 130 valence electrons. The molecule has 0 bridgehead atoms. The van der Waals surface area contributed by atoms with Crippen LogP contribution in [0.3, 0.4) is 0 Å². The highest BCUT2D eigenvalue weighted by atomic mass is 16.2. The van der Waals surface area contributed by atoms with Crippen LogP contribution in [0.4, 0.5) is 0 Å². The lowest BCUT2D eigenvalue weighted by atomic mass is 10.00. The number of pyridine rings is 1. The number of piperazine rings is 1. The maximum Gasteiger partial charge on any atom is 0.255 e. The number of benzene rings is 1. The normalized spacial score (nSPS) is 14.5. The first-order chi connectivity index (χ1) is 12.0. The summed E-state index contributed by atoms with van der Waals surface area (Å²) in [7, 11) is 0. The molecule has 1 aliphatic heterocycles. The van der Waals surface area contributed by atoms with Gasteiger partial charge in [-0.3, -0.25) is 14.6 Å². The third-order valence-electron chi connectivity index (χ3n) is 4.83. The number of aryl methyl sites for hydroxylation is 3. The van der Waals surface area contributed by atoms with E-state index in [0.29, 0.717) is 31.7 Å². The van der Waals surface area contributed by atoms with E-state index >= 15 is 0 Å². The van der Waals surface area contributed by atoms with Gasteiger partial charge in [0.05, 0.1) is 5.56 Å². The van der Waals surface area contributed by atoms with E-state index in [-0.39, 0.29) is 11.8 Å². The summed E-state index contributed by atoms with van der Waals surface area (Å²) in [5.41, 5.74) is 4.67. The second kappa shape index (κ2) is 7.05. The Balaban J connectivity index is 1.67. The molecule has 1 fully saturated rings. The summed E-state index contributed by atoms with van der Waals surface area (Å²) in [4.78, 5) is 32.9.